The summed E-state index contributed by atoms with van der Waals surface area (Å²) in [5.74, 6) is -0.276. The molecular formula is C29H34F4N6O2. The van der Waals surface area contributed by atoms with E-state index in [1.54, 1.807) is 13.8 Å². The second-order valence-corrected chi connectivity index (χ2v) is 12.0. The lowest BCUT2D eigenvalue weighted by Gasteiger charge is -2.43. The van der Waals surface area contributed by atoms with Gasteiger partial charge >= 0.3 is 6.18 Å². The number of aromatic nitrogens is 2. The number of nitrogens with zero attached hydrogens (tertiary/aromatic N) is 5. The van der Waals surface area contributed by atoms with Gasteiger partial charge in [0.05, 0.1) is 29.9 Å². The van der Waals surface area contributed by atoms with Gasteiger partial charge in [0.2, 0.25) is 11.8 Å². The Kier molecular flexibility index (Phi) is 6.74. The van der Waals surface area contributed by atoms with Gasteiger partial charge in [-0.15, -0.1) is 0 Å². The number of aryl methyl sites for hydroxylation is 1. The summed E-state index contributed by atoms with van der Waals surface area (Å²) in [4.78, 5) is 42.2. The molecule has 2 saturated heterocycles. The van der Waals surface area contributed by atoms with Crippen LogP contribution in [-0.2, 0) is 27.7 Å². The number of benzene rings is 1. The van der Waals surface area contributed by atoms with Crippen molar-refractivity contribution in [3.05, 3.63) is 52.2 Å². The Morgan fingerprint density at radius 1 is 1.17 bits per heavy atom. The highest BCUT2D eigenvalue weighted by atomic mass is 19.4. The fourth-order valence-corrected chi connectivity index (χ4v) is 6.71. The smallest absolute Gasteiger partial charge is 0.363 e. The number of nitrogens with one attached hydrogen (secondary N) is 1. The summed E-state index contributed by atoms with van der Waals surface area (Å²) < 4.78 is 55.2. The number of rotatable bonds is 5. The number of carbonyl (C=O) groups excluding carboxylic acids is 2. The number of hydrogen-bond acceptors (Lipinski definition) is 6. The molecule has 3 fully saturated rings. The Bertz CT molecular complexity index is 1400. The molecule has 4 aliphatic rings. The first-order valence-electron chi connectivity index (χ1n) is 14.2. The molecule has 1 aliphatic carbocycles. The van der Waals surface area contributed by atoms with Crippen molar-refractivity contribution in [2.45, 2.75) is 69.8 Å². The molecule has 1 aromatic carbocycles. The number of likely N-dealkylation sites (N-methyl/N-ethyl adjacent to an activating group) is 1. The second-order valence-electron chi connectivity index (χ2n) is 12.0. The van der Waals surface area contributed by atoms with E-state index in [1.165, 1.54) is 12.1 Å². The lowest BCUT2D eigenvalue weighted by molar-refractivity contribution is -0.142. The predicted octanol–water partition coefficient (Wildman–Crippen LogP) is 4.04. The van der Waals surface area contributed by atoms with Crippen LogP contribution in [-0.4, -0.2) is 75.8 Å². The molecule has 4 heterocycles. The van der Waals surface area contributed by atoms with E-state index in [0.717, 1.165) is 18.9 Å². The van der Waals surface area contributed by atoms with Gasteiger partial charge in [0.25, 0.3) is 0 Å². The van der Waals surface area contributed by atoms with Gasteiger partial charge in [0.15, 0.2) is 0 Å². The number of carbonyl (C=O) groups is 2. The first-order valence-corrected chi connectivity index (χ1v) is 14.2. The Morgan fingerprint density at radius 3 is 2.59 bits per heavy atom. The van der Waals surface area contributed by atoms with Crippen LogP contribution < -0.4 is 5.32 Å². The van der Waals surface area contributed by atoms with E-state index in [0.29, 0.717) is 61.9 Å². The highest BCUT2D eigenvalue weighted by Crippen LogP contribution is 2.45. The molecular weight excluding hydrogens is 540 g/mol. The van der Waals surface area contributed by atoms with Crippen LogP contribution in [0.2, 0.25) is 0 Å². The maximum Gasteiger partial charge on any atom is 0.419 e. The number of halogens is 4. The minimum atomic E-state index is -4.82. The lowest BCUT2D eigenvalue weighted by atomic mass is 9.76. The molecule has 1 aromatic heterocycles. The maximum absolute atomic E-state index is 15.0. The van der Waals surface area contributed by atoms with Gasteiger partial charge in [-0.2, -0.15) is 13.2 Å². The predicted molar refractivity (Wildman–Crippen MR) is 142 cm³/mol. The van der Waals surface area contributed by atoms with Crippen molar-refractivity contribution < 1.29 is 27.2 Å². The van der Waals surface area contributed by atoms with Crippen molar-refractivity contribution in [3.8, 4) is 0 Å². The maximum atomic E-state index is 15.0. The number of hydrogen-bond donors (Lipinski definition) is 1. The minimum Gasteiger partial charge on any atom is -0.363 e. The van der Waals surface area contributed by atoms with Crippen molar-refractivity contribution in [1.82, 2.24) is 24.7 Å². The second kappa shape index (κ2) is 9.92. The Balaban J connectivity index is 1.36. The van der Waals surface area contributed by atoms with Gasteiger partial charge in [-0.3, -0.25) is 9.59 Å². The fourth-order valence-electron chi connectivity index (χ4n) is 6.71. The lowest BCUT2D eigenvalue weighted by Crippen LogP contribution is -2.56. The first-order chi connectivity index (χ1) is 19.4. The largest absolute Gasteiger partial charge is 0.419 e. The molecule has 12 heteroatoms. The van der Waals surface area contributed by atoms with E-state index < -0.39 is 29.0 Å². The molecule has 2 aromatic rings. The highest BCUT2D eigenvalue weighted by molar-refractivity contribution is 5.91. The average Bonchev–Trinajstić information content (AvgIpc) is 3.51. The average molecular weight is 575 g/mol. The number of amides is 2. The molecule has 8 nitrogen and oxygen atoms in total. The van der Waals surface area contributed by atoms with Gasteiger partial charge < -0.3 is 20.0 Å². The third kappa shape index (κ3) is 4.83. The monoisotopic (exact) mass is 574 g/mol. The van der Waals surface area contributed by atoms with Crippen molar-refractivity contribution >= 4 is 17.6 Å². The molecule has 220 valence electrons. The number of anilines is 1. The van der Waals surface area contributed by atoms with Gasteiger partial charge in [0, 0.05) is 36.7 Å². The van der Waals surface area contributed by atoms with E-state index >= 15 is 4.39 Å². The van der Waals surface area contributed by atoms with Crippen LogP contribution >= 0.6 is 0 Å². The molecule has 6 rings (SSSR count). The zero-order valence-corrected chi connectivity index (χ0v) is 23.4. The van der Waals surface area contributed by atoms with Crippen LogP contribution in [0, 0.1) is 18.7 Å². The molecule has 0 radical (unpaired) electrons. The van der Waals surface area contributed by atoms with Crippen molar-refractivity contribution in [2.75, 3.05) is 38.5 Å². The van der Waals surface area contributed by atoms with Gasteiger partial charge in [-0.1, -0.05) is 12.1 Å². The van der Waals surface area contributed by atoms with Crippen molar-refractivity contribution in [3.63, 3.8) is 0 Å². The number of likely N-dealkylation sites (tertiary alicyclic amines) is 2. The molecule has 3 aliphatic heterocycles. The molecule has 1 spiro atoms. The zero-order valence-electron chi connectivity index (χ0n) is 23.4. The first kappa shape index (κ1) is 27.9. The number of alkyl halides is 3. The summed E-state index contributed by atoms with van der Waals surface area (Å²) in [5, 5.41) is 3.17. The van der Waals surface area contributed by atoms with E-state index in [1.807, 2.05) is 16.8 Å². The van der Waals surface area contributed by atoms with E-state index in [-0.39, 0.29) is 35.9 Å². The summed E-state index contributed by atoms with van der Waals surface area (Å²) in [6, 6.07) is 2.25. The Hall–Kier alpha value is -3.28. The van der Waals surface area contributed by atoms with Gasteiger partial charge in [0.1, 0.15) is 22.9 Å². The van der Waals surface area contributed by atoms with Crippen LogP contribution in [0.15, 0.2) is 18.2 Å². The molecule has 2 amide bonds. The quantitative estimate of drug-likeness (QED) is 0.543. The SMILES string of the molecule is Cc1nc(N[C@H](C)c2cccc(C(F)(F)F)c2F)c2c(n1)C1(CCN(C)C1)C(=O)N([C@H]1CCN(C(=O)C3CC3)C1)C2. The summed E-state index contributed by atoms with van der Waals surface area (Å²) >= 11 is 0. The molecule has 0 bridgehead atoms. The molecule has 41 heavy (non-hydrogen) atoms. The van der Waals surface area contributed by atoms with E-state index in [9.17, 15) is 22.8 Å². The Labute approximate surface area is 236 Å². The standard InChI is InChI=1S/C29H34F4N6O2/c1-16(20-5-4-6-22(23(20)30)29(31,32)33)34-25-21-14-39(19-9-11-38(13-19)26(40)18-7-8-18)27(41)28(10-12-37(3)15-28)24(21)35-17(2)36-25/h4-6,16,18-19H,7-15H2,1-3H3,(H,34,35,36)/t16-,19+,28?/m1/s1. The van der Waals surface area contributed by atoms with E-state index in [2.05, 4.69) is 15.2 Å². The van der Waals surface area contributed by atoms with Crippen LogP contribution in [0.3, 0.4) is 0 Å². The molecule has 1 saturated carbocycles. The summed E-state index contributed by atoms with van der Waals surface area (Å²) in [7, 11) is 1.96. The Morgan fingerprint density at radius 2 is 1.93 bits per heavy atom. The van der Waals surface area contributed by atoms with Gasteiger partial charge in [-0.25, -0.2) is 14.4 Å². The van der Waals surface area contributed by atoms with E-state index in [4.69, 9.17) is 4.98 Å². The fraction of sp³-hybridized carbons (Fsp3) is 0.586. The third-order valence-corrected chi connectivity index (χ3v) is 9.03. The topological polar surface area (TPSA) is 81.7 Å². The summed E-state index contributed by atoms with van der Waals surface area (Å²) in [6.07, 6.45) is -1.74. The normalized spacial score (nSPS) is 25.6. The van der Waals surface area contributed by atoms with Crippen molar-refractivity contribution in [2.24, 2.45) is 5.92 Å². The number of fused-ring (bicyclic) bond motifs is 2. The third-order valence-electron chi connectivity index (χ3n) is 9.03. The van der Waals surface area contributed by atoms with Crippen LogP contribution in [0.25, 0.3) is 0 Å². The molecule has 3 atom stereocenters. The molecule has 1 N–H and O–H groups in total. The molecule has 1 unspecified atom stereocenters. The summed E-state index contributed by atoms with van der Waals surface area (Å²) in [6.45, 7) is 5.76. The summed E-state index contributed by atoms with van der Waals surface area (Å²) in [5.41, 5.74) is -1.03. The van der Waals surface area contributed by atoms with Crippen LogP contribution in [0.1, 0.15) is 66.9 Å². The highest BCUT2D eigenvalue weighted by Gasteiger charge is 2.55. The van der Waals surface area contributed by atoms with Crippen LogP contribution in [0.4, 0.5) is 23.4 Å². The van der Waals surface area contributed by atoms with Crippen molar-refractivity contribution in [1.29, 1.82) is 0 Å². The zero-order chi connectivity index (χ0) is 29.3. The van der Waals surface area contributed by atoms with Crippen LogP contribution in [0.5, 0.6) is 0 Å². The van der Waals surface area contributed by atoms with Gasteiger partial charge in [-0.05, 0) is 59.2 Å². The minimum absolute atomic E-state index is 0.0129.